The van der Waals surface area contributed by atoms with Crippen molar-refractivity contribution in [2.45, 2.75) is 182 Å². The minimum absolute atomic E-state index is 0.000851. The Labute approximate surface area is 470 Å². The highest BCUT2D eigenvalue weighted by Gasteiger charge is 2.54. The maximum absolute atomic E-state index is 14.6. The minimum Gasteiger partial charge on any atom is -0.479 e. The molecule has 2 aliphatic carbocycles. The molecule has 3 saturated heterocycles. The number of halogens is 1. The van der Waals surface area contributed by atoms with Gasteiger partial charge in [0, 0.05) is 30.5 Å². The number of hydrogen-bond donors (Lipinski definition) is 11. The van der Waals surface area contributed by atoms with Crippen LogP contribution in [0.2, 0.25) is 0 Å². The van der Waals surface area contributed by atoms with Crippen LogP contribution in [0.3, 0.4) is 0 Å². The monoisotopic (exact) mass is 1160 g/mol. The Balaban J connectivity index is 0.996. The number of hydrogen-bond acceptors (Lipinski definition) is 22. The van der Waals surface area contributed by atoms with Crippen molar-refractivity contribution in [1.82, 2.24) is 40.6 Å². The van der Waals surface area contributed by atoms with E-state index in [1.54, 1.807) is 36.5 Å². The molecule has 3 aliphatic heterocycles. The highest BCUT2D eigenvalue weighted by Crippen LogP contribution is 2.42. The van der Waals surface area contributed by atoms with Crippen LogP contribution in [0.4, 0.5) is 4.39 Å². The summed E-state index contributed by atoms with van der Waals surface area (Å²) in [5.41, 5.74) is 1.69. The topological polar surface area (TPSA) is 383 Å². The molecule has 5 aliphatic rings. The first-order valence-electron chi connectivity index (χ1n) is 27.7. The Hall–Kier alpha value is -5.54. The van der Waals surface area contributed by atoms with Crippen LogP contribution < -0.4 is 10.6 Å². The van der Waals surface area contributed by atoms with E-state index in [0.29, 0.717) is 16.8 Å². The molecule has 12 unspecified atom stereocenters. The Morgan fingerprint density at radius 3 is 2.11 bits per heavy atom. The van der Waals surface area contributed by atoms with E-state index >= 15 is 0 Å². The van der Waals surface area contributed by atoms with Crippen LogP contribution in [0, 0.1) is 17.7 Å². The number of amides is 2. The largest absolute Gasteiger partial charge is 0.479 e. The molecule has 11 N–H and O–H groups in total. The molecule has 5 heterocycles. The van der Waals surface area contributed by atoms with Crippen LogP contribution in [0.1, 0.15) is 77.3 Å². The summed E-state index contributed by atoms with van der Waals surface area (Å²) < 4.78 is 60.2. The smallest absolute Gasteiger partial charge is 0.332 e. The van der Waals surface area contributed by atoms with Crippen LogP contribution in [-0.2, 0) is 47.5 Å². The number of carboxylic acids is 1. The summed E-state index contributed by atoms with van der Waals surface area (Å²) in [6, 6.07) is 10.8. The summed E-state index contributed by atoms with van der Waals surface area (Å²) in [6.45, 7) is 0.619. The summed E-state index contributed by atoms with van der Waals surface area (Å²) in [5, 5.41) is 121. The second-order valence-electron chi connectivity index (χ2n) is 21.7. The Bertz CT molecular complexity index is 2730. The molecule has 0 spiro atoms. The van der Waals surface area contributed by atoms with E-state index in [2.05, 4.69) is 31.3 Å². The van der Waals surface area contributed by atoms with Crippen molar-refractivity contribution in [3.05, 3.63) is 72.8 Å². The zero-order chi connectivity index (χ0) is 58.4. The number of aliphatic hydroxyl groups is 8. The average Bonchev–Trinajstić information content (AvgIpc) is 4.07. The molecular weight excluding hydrogens is 1080 g/mol. The first-order valence-corrected chi connectivity index (χ1v) is 27.7. The number of carboxylic acid groups (broad SMARTS) is 1. The summed E-state index contributed by atoms with van der Waals surface area (Å²) >= 11 is 0. The van der Waals surface area contributed by atoms with E-state index < -0.39 is 159 Å². The van der Waals surface area contributed by atoms with Gasteiger partial charge in [-0.15, -0.1) is 10.2 Å². The number of aliphatic carboxylic acids is 1. The van der Waals surface area contributed by atoms with Crippen molar-refractivity contribution in [3.8, 4) is 22.5 Å². The molecule has 0 radical (unpaired) electrons. The fraction of sp³-hybridized carbons (Fsp3) is 0.648. The molecule has 82 heavy (non-hydrogen) atoms. The van der Waals surface area contributed by atoms with Gasteiger partial charge in [0.05, 0.1) is 50.5 Å². The zero-order valence-corrected chi connectivity index (χ0v) is 45.1. The molecule has 2 aromatic carbocycles. The molecule has 2 aromatic heterocycles. The summed E-state index contributed by atoms with van der Waals surface area (Å²) in [7, 11) is 0. The normalized spacial score (nSPS) is 34.9. The molecule has 2 saturated carbocycles. The number of nitrogens with one attached hydrogen (secondary N) is 2. The molecule has 28 heteroatoms. The number of nitrogens with zero attached hydrogens (tertiary/aromatic N) is 6. The molecule has 5 fully saturated rings. The third kappa shape index (κ3) is 14.0. The second kappa shape index (κ2) is 27.4. The van der Waals surface area contributed by atoms with Gasteiger partial charge in [0.25, 0.3) is 0 Å². The van der Waals surface area contributed by atoms with Gasteiger partial charge < -0.3 is 89.8 Å². The lowest BCUT2D eigenvalue weighted by Gasteiger charge is -2.49. The number of rotatable bonds is 21. The molecule has 2 amide bonds. The van der Waals surface area contributed by atoms with E-state index in [1.807, 2.05) is 6.07 Å². The van der Waals surface area contributed by atoms with Crippen LogP contribution >= 0.6 is 0 Å². The lowest BCUT2D eigenvalue weighted by molar-refractivity contribution is -0.337. The van der Waals surface area contributed by atoms with Gasteiger partial charge in [-0.1, -0.05) is 85.0 Å². The van der Waals surface area contributed by atoms with Gasteiger partial charge in [0.2, 0.25) is 11.8 Å². The SMILES string of the molecule is CC(=O)NC1C(O[C@@H](CC2CCCCC2)C(=O)O)[C@@H](O)C(CO)O[C@H]1O[C@@H]1CC(C(=O)NCCO[C@H]2OC(CO)[C@@H](O)C(n3cc(-c4cccc(F)c4)nn3)C2O)CC(n2cc(-c3ccccc3)nn2)C1O[C@@H]1OC(C)[C@@H](O)C(O)C1O. The molecule has 27 nitrogen and oxygen atoms in total. The third-order valence-electron chi connectivity index (χ3n) is 16.0. The highest BCUT2D eigenvalue weighted by molar-refractivity contribution is 5.79. The number of aromatic nitrogens is 6. The van der Waals surface area contributed by atoms with E-state index in [4.69, 9.17) is 33.2 Å². The number of carbonyl (C=O) groups excluding carboxylic acids is 2. The van der Waals surface area contributed by atoms with Crippen LogP contribution in [0.15, 0.2) is 67.0 Å². The van der Waals surface area contributed by atoms with E-state index in [0.717, 1.165) is 32.1 Å². The second-order valence-corrected chi connectivity index (χ2v) is 21.7. The van der Waals surface area contributed by atoms with Gasteiger partial charge in [-0.25, -0.2) is 18.5 Å². The predicted octanol–water partition coefficient (Wildman–Crippen LogP) is -0.904. The van der Waals surface area contributed by atoms with Crippen LogP contribution in [0.5, 0.6) is 0 Å². The summed E-state index contributed by atoms with van der Waals surface area (Å²) in [4.78, 5) is 40.6. The maximum atomic E-state index is 14.6. The van der Waals surface area contributed by atoms with Crippen molar-refractivity contribution < 1.29 is 97.9 Å². The van der Waals surface area contributed by atoms with E-state index in [1.165, 1.54) is 47.6 Å². The standard InChI is InChI=1S/C54H73FN8O19/c1-26-42(67)46(71)47(72)54(77-26)82-48-35(62-22-33(58-60-62)29-12-7-4-8-13-29)20-31(21-36(48)79-52-40(57-27(2)66)49(44(69)39(25-65)80-52)78-37(51(74)75)18-28-10-5-3-6-11-28)50(73)56-16-17-76-53-45(70)41(43(68)38(24-64)81-53)63-23-34(59-61-63)30-14-9-15-32(55)19-30/h4,7-9,12-15,19,22-23,26,28,31,35-49,52-54,64-65,67-72H,3,5-6,10-11,16-18,20-21,24-25H2,1-2H3,(H,56,73)(H,57,66)(H,74,75)/t26?,31?,35?,36-,37+,38?,39?,40?,41?,42-,43-,44+,45?,46?,47?,48?,49?,52-,53+,54+/m1/s1. The molecule has 0 bridgehead atoms. The maximum Gasteiger partial charge on any atom is 0.332 e. The van der Waals surface area contributed by atoms with Gasteiger partial charge in [0.1, 0.15) is 90.3 Å². The number of benzene rings is 2. The van der Waals surface area contributed by atoms with Gasteiger partial charge in [-0.05, 0) is 44.2 Å². The lowest BCUT2D eigenvalue weighted by atomic mass is 9.80. The molecule has 4 aromatic rings. The van der Waals surface area contributed by atoms with Crippen molar-refractivity contribution in [1.29, 1.82) is 0 Å². The molecule has 20 atom stereocenters. The Morgan fingerprint density at radius 2 is 1.41 bits per heavy atom. The van der Waals surface area contributed by atoms with Crippen molar-refractivity contribution >= 4 is 17.8 Å². The summed E-state index contributed by atoms with van der Waals surface area (Å²) in [5.74, 6) is -4.10. The number of ether oxygens (including phenoxy) is 7. The van der Waals surface area contributed by atoms with Crippen LogP contribution in [0.25, 0.3) is 22.5 Å². The quantitative estimate of drug-likeness (QED) is 0.0450. The van der Waals surface area contributed by atoms with Crippen molar-refractivity contribution in [2.24, 2.45) is 11.8 Å². The first kappa shape index (κ1) is 61.0. The Morgan fingerprint density at radius 1 is 0.744 bits per heavy atom. The summed E-state index contributed by atoms with van der Waals surface area (Å²) in [6.07, 6.45) is -17.2. The number of carbonyl (C=O) groups is 3. The minimum atomic E-state index is -1.84. The van der Waals surface area contributed by atoms with Gasteiger partial charge in [-0.3, -0.25) is 9.59 Å². The van der Waals surface area contributed by atoms with Crippen LogP contribution in [-0.4, -0.2) is 224 Å². The molecular formula is C54H73FN8O19. The fourth-order valence-corrected chi connectivity index (χ4v) is 11.7. The van der Waals surface area contributed by atoms with Crippen molar-refractivity contribution in [2.75, 3.05) is 26.4 Å². The first-order chi connectivity index (χ1) is 39.4. The lowest BCUT2D eigenvalue weighted by Crippen LogP contribution is -2.67. The van der Waals surface area contributed by atoms with Crippen molar-refractivity contribution in [3.63, 3.8) is 0 Å². The van der Waals surface area contributed by atoms with E-state index in [-0.39, 0.29) is 44.0 Å². The van der Waals surface area contributed by atoms with Gasteiger partial charge in [-0.2, -0.15) is 0 Å². The van der Waals surface area contributed by atoms with Gasteiger partial charge >= 0.3 is 5.97 Å². The Kier molecular flexibility index (Phi) is 20.4. The average molecular weight is 1160 g/mol. The fourth-order valence-electron chi connectivity index (χ4n) is 11.7. The zero-order valence-electron chi connectivity index (χ0n) is 45.1. The predicted molar refractivity (Wildman–Crippen MR) is 277 cm³/mol. The molecule has 9 rings (SSSR count). The number of aliphatic hydroxyl groups excluding tert-OH is 8. The third-order valence-corrected chi connectivity index (χ3v) is 16.0. The van der Waals surface area contributed by atoms with Gasteiger partial charge in [0.15, 0.2) is 25.0 Å². The molecule has 450 valence electrons. The highest BCUT2D eigenvalue weighted by atomic mass is 19.1. The van der Waals surface area contributed by atoms with E-state index in [9.17, 15) is 64.7 Å².